The van der Waals surface area contributed by atoms with Gasteiger partial charge in [0.25, 0.3) is 0 Å². The standard InChI is InChI=1S/C14H20N2O/c1-14(8-16(2)9-14)10-17-12-3-4-13-11(7-12)5-6-15-13/h3-4,7,15H,5-6,8-10H2,1-2H3. The second-order valence-electron chi connectivity index (χ2n) is 5.77. The van der Waals surface area contributed by atoms with E-state index in [2.05, 4.69) is 42.4 Å². The van der Waals surface area contributed by atoms with Crippen molar-refractivity contribution in [2.45, 2.75) is 13.3 Å². The minimum Gasteiger partial charge on any atom is -0.493 e. The van der Waals surface area contributed by atoms with Crippen molar-refractivity contribution in [3.05, 3.63) is 23.8 Å². The molecule has 17 heavy (non-hydrogen) atoms. The molecule has 0 bridgehead atoms. The first kappa shape index (κ1) is 10.9. The molecule has 2 aliphatic rings. The van der Waals surface area contributed by atoms with Gasteiger partial charge in [0.05, 0.1) is 6.61 Å². The minimum absolute atomic E-state index is 0.339. The van der Waals surface area contributed by atoms with Crippen molar-refractivity contribution in [2.24, 2.45) is 5.41 Å². The molecule has 0 aliphatic carbocycles. The smallest absolute Gasteiger partial charge is 0.119 e. The normalized spacial score (nSPS) is 21.5. The predicted octanol–water partition coefficient (Wildman–Crippen LogP) is 1.99. The number of hydrogen-bond donors (Lipinski definition) is 1. The zero-order chi connectivity index (χ0) is 11.9. The van der Waals surface area contributed by atoms with Gasteiger partial charge < -0.3 is 15.0 Å². The highest BCUT2D eigenvalue weighted by Crippen LogP contribution is 2.31. The Bertz CT molecular complexity index is 424. The zero-order valence-electron chi connectivity index (χ0n) is 10.6. The van der Waals surface area contributed by atoms with Crippen LogP contribution >= 0.6 is 0 Å². The number of likely N-dealkylation sites (tertiary alicyclic amines) is 1. The monoisotopic (exact) mass is 232 g/mol. The molecule has 0 atom stereocenters. The van der Waals surface area contributed by atoms with E-state index < -0.39 is 0 Å². The Morgan fingerprint density at radius 2 is 2.24 bits per heavy atom. The topological polar surface area (TPSA) is 24.5 Å². The maximum atomic E-state index is 5.93. The van der Waals surface area contributed by atoms with E-state index in [1.807, 2.05) is 0 Å². The number of anilines is 1. The van der Waals surface area contributed by atoms with Crippen molar-refractivity contribution in [3.63, 3.8) is 0 Å². The molecule has 92 valence electrons. The number of hydrogen-bond acceptors (Lipinski definition) is 3. The van der Waals surface area contributed by atoms with Gasteiger partial charge in [-0.1, -0.05) is 6.92 Å². The van der Waals surface area contributed by atoms with Gasteiger partial charge in [-0.05, 0) is 37.2 Å². The summed E-state index contributed by atoms with van der Waals surface area (Å²) in [6.45, 7) is 6.45. The molecule has 0 spiro atoms. The number of ether oxygens (including phenoxy) is 1. The summed E-state index contributed by atoms with van der Waals surface area (Å²) >= 11 is 0. The fraction of sp³-hybridized carbons (Fsp3) is 0.571. The third-order valence-electron chi connectivity index (χ3n) is 3.68. The van der Waals surface area contributed by atoms with E-state index in [0.29, 0.717) is 5.41 Å². The first-order valence-electron chi connectivity index (χ1n) is 6.33. The van der Waals surface area contributed by atoms with Gasteiger partial charge in [-0.2, -0.15) is 0 Å². The molecule has 0 saturated carbocycles. The van der Waals surface area contributed by atoms with Crippen molar-refractivity contribution in [3.8, 4) is 5.75 Å². The lowest BCUT2D eigenvalue weighted by Crippen LogP contribution is -2.55. The average Bonchev–Trinajstić information content (AvgIpc) is 2.71. The first-order valence-corrected chi connectivity index (χ1v) is 6.33. The molecule has 1 saturated heterocycles. The van der Waals surface area contributed by atoms with E-state index >= 15 is 0 Å². The van der Waals surface area contributed by atoms with Crippen LogP contribution in [0.25, 0.3) is 0 Å². The van der Waals surface area contributed by atoms with Gasteiger partial charge in [-0.15, -0.1) is 0 Å². The van der Waals surface area contributed by atoms with E-state index in [1.165, 1.54) is 11.3 Å². The van der Waals surface area contributed by atoms with Crippen LogP contribution in [0.3, 0.4) is 0 Å². The Labute approximate surface area is 103 Å². The lowest BCUT2D eigenvalue weighted by molar-refractivity contribution is -0.00137. The molecule has 1 aromatic rings. The SMILES string of the molecule is CN1CC(C)(COc2ccc3c(c2)CCN3)C1. The van der Waals surface area contributed by atoms with Gasteiger partial charge in [-0.3, -0.25) is 0 Å². The maximum Gasteiger partial charge on any atom is 0.119 e. The van der Waals surface area contributed by atoms with Crippen LogP contribution in [0.15, 0.2) is 18.2 Å². The Hall–Kier alpha value is -1.22. The lowest BCUT2D eigenvalue weighted by atomic mass is 9.83. The number of benzene rings is 1. The molecule has 3 heteroatoms. The number of nitrogens with one attached hydrogen (secondary N) is 1. The fourth-order valence-electron chi connectivity index (χ4n) is 2.98. The average molecular weight is 232 g/mol. The molecule has 3 rings (SSSR count). The number of rotatable bonds is 3. The van der Waals surface area contributed by atoms with Crippen LogP contribution in [0, 0.1) is 5.41 Å². The van der Waals surface area contributed by atoms with Crippen LogP contribution < -0.4 is 10.1 Å². The van der Waals surface area contributed by atoms with Gasteiger partial charge in [0.1, 0.15) is 5.75 Å². The van der Waals surface area contributed by atoms with Crippen molar-refractivity contribution in [2.75, 3.05) is 38.6 Å². The number of fused-ring (bicyclic) bond motifs is 1. The predicted molar refractivity (Wildman–Crippen MR) is 69.7 cm³/mol. The molecule has 0 unspecified atom stereocenters. The largest absolute Gasteiger partial charge is 0.493 e. The molecular weight excluding hydrogens is 212 g/mol. The summed E-state index contributed by atoms with van der Waals surface area (Å²) in [5.74, 6) is 1.02. The summed E-state index contributed by atoms with van der Waals surface area (Å²) in [5.41, 5.74) is 3.00. The third kappa shape index (κ3) is 2.12. The molecule has 0 radical (unpaired) electrons. The van der Waals surface area contributed by atoms with Crippen molar-refractivity contribution >= 4 is 5.69 Å². The highest BCUT2D eigenvalue weighted by Gasteiger charge is 2.37. The minimum atomic E-state index is 0.339. The third-order valence-corrected chi connectivity index (χ3v) is 3.68. The van der Waals surface area contributed by atoms with Crippen LogP contribution in [-0.2, 0) is 6.42 Å². The highest BCUT2D eigenvalue weighted by atomic mass is 16.5. The summed E-state index contributed by atoms with van der Waals surface area (Å²) in [7, 11) is 2.16. The van der Waals surface area contributed by atoms with Gasteiger partial charge in [0, 0.05) is 30.7 Å². The van der Waals surface area contributed by atoms with E-state index in [9.17, 15) is 0 Å². The molecule has 2 aliphatic heterocycles. The fourth-order valence-corrected chi connectivity index (χ4v) is 2.98. The van der Waals surface area contributed by atoms with Crippen LogP contribution in [0.4, 0.5) is 5.69 Å². The summed E-state index contributed by atoms with van der Waals surface area (Å²) < 4.78 is 5.93. The van der Waals surface area contributed by atoms with Crippen LogP contribution in [0.2, 0.25) is 0 Å². The Kier molecular flexibility index (Phi) is 2.51. The second-order valence-corrected chi connectivity index (χ2v) is 5.77. The van der Waals surface area contributed by atoms with Crippen LogP contribution in [0.1, 0.15) is 12.5 Å². The summed E-state index contributed by atoms with van der Waals surface area (Å²) in [6, 6.07) is 6.39. The molecule has 2 heterocycles. The Morgan fingerprint density at radius 3 is 3.00 bits per heavy atom. The number of nitrogens with zero attached hydrogens (tertiary/aromatic N) is 1. The first-order chi connectivity index (χ1) is 8.15. The second kappa shape index (κ2) is 3.91. The van der Waals surface area contributed by atoms with Gasteiger partial charge >= 0.3 is 0 Å². The highest BCUT2D eigenvalue weighted by molar-refractivity contribution is 5.57. The van der Waals surface area contributed by atoms with Crippen LogP contribution in [0.5, 0.6) is 5.75 Å². The van der Waals surface area contributed by atoms with E-state index in [0.717, 1.165) is 38.4 Å². The van der Waals surface area contributed by atoms with Gasteiger partial charge in [0.2, 0.25) is 0 Å². The van der Waals surface area contributed by atoms with Crippen molar-refractivity contribution in [1.82, 2.24) is 4.90 Å². The lowest BCUT2D eigenvalue weighted by Gasteiger charge is -2.45. The van der Waals surface area contributed by atoms with E-state index in [-0.39, 0.29) is 0 Å². The molecule has 0 amide bonds. The zero-order valence-corrected chi connectivity index (χ0v) is 10.6. The molecular formula is C14H20N2O. The molecule has 3 nitrogen and oxygen atoms in total. The summed E-state index contributed by atoms with van der Waals surface area (Å²) in [5, 5.41) is 3.37. The van der Waals surface area contributed by atoms with E-state index in [1.54, 1.807) is 0 Å². The van der Waals surface area contributed by atoms with Crippen LogP contribution in [-0.4, -0.2) is 38.2 Å². The molecule has 1 fully saturated rings. The van der Waals surface area contributed by atoms with Crippen molar-refractivity contribution < 1.29 is 4.74 Å². The summed E-state index contributed by atoms with van der Waals surface area (Å²) in [6.07, 6.45) is 1.12. The summed E-state index contributed by atoms with van der Waals surface area (Å²) in [4.78, 5) is 2.33. The molecule has 1 N–H and O–H groups in total. The maximum absolute atomic E-state index is 5.93. The molecule has 1 aromatic carbocycles. The Morgan fingerprint density at radius 1 is 1.41 bits per heavy atom. The molecule has 0 aromatic heterocycles. The van der Waals surface area contributed by atoms with Crippen molar-refractivity contribution in [1.29, 1.82) is 0 Å². The van der Waals surface area contributed by atoms with E-state index in [4.69, 9.17) is 4.74 Å². The van der Waals surface area contributed by atoms with Gasteiger partial charge in [-0.25, -0.2) is 0 Å². The Balaban J connectivity index is 1.62. The quantitative estimate of drug-likeness (QED) is 0.862. The van der Waals surface area contributed by atoms with Gasteiger partial charge in [0.15, 0.2) is 0 Å².